The number of hydrogen-bond donors (Lipinski definition) is 3. The fourth-order valence-corrected chi connectivity index (χ4v) is 5.14. The quantitative estimate of drug-likeness (QED) is 0.185. The molecule has 1 aliphatic heterocycles. The SMILES string of the molecule is C=C1/C=C/C(=O)N(C)CC(=O)N[C@@H]([C@H](O)C(=O)OC)C(=O)O[C@@H]([C@H](C)CCCCCCCCCCCC(C)C)[C@H](C)C(=O)N1. The van der Waals surface area contributed by atoms with Crippen molar-refractivity contribution in [2.24, 2.45) is 17.8 Å². The van der Waals surface area contributed by atoms with Crippen LogP contribution in [0.2, 0.25) is 0 Å². The van der Waals surface area contributed by atoms with Crippen LogP contribution in [0.5, 0.6) is 0 Å². The second-order valence-corrected chi connectivity index (χ2v) is 12.4. The molecule has 0 radical (unpaired) electrons. The minimum Gasteiger partial charge on any atom is -0.467 e. The van der Waals surface area contributed by atoms with Gasteiger partial charge in [0.2, 0.25) is 17.7 Å². The van der Waals surface area contributed by atoms with Gasteiger partial charge in [-0.25, -0.2) is 9.59 Å². The van der Waals surface area contributed by atoms with Crippen molar-refractivity contribution < 1.29 is 38.6 Å². The van der Waals surface area contributed by atoms with E-state index in [1.165, 1.54) is 51.6 Å². The van der Waals surface area contributed by atoms with Gasteiger partial charge in [0.05, 0.1) is 19.6 Å². The lowest BCUT2D eigenvalue weighted by Gasteiger charge is -2.31. The molecule has 0 unspecified atom stereocenters. The van der Waals surface area contributed by atoms with Gasteiger partial charge in [-0.15, -0.1) is 0 Å². The minimum atomic E-state index is -2.07. The third-order valence-electron chi connectivity index (χ3n) is 7.96. The molecule has 0 aromatic heterocycles. The molecule has 5 atom stereocenters. The molecule has 44 heavy (non-hydrogen) atoms. The number of carbonyl (C=O) groups excluding carboxylic acids is 5. The summed E-state index contributed by atoms with van der Waals surface area (Å²) in [6.07, 6.45) is 11.9. The maximum absolute atomic E-state index is 13.4. The standard InChI is InChI=1S/C33H55N3O8/c1-22(2)17-15-13-11-9-8-10-12-14-16-18-23(3)30-25(5)31(40)34-24(4)19-20-27(38)36(6)21-26(37)35-28(32(41)44-30)29(39)33(42)43-7/h19-20,22-23,25,28-30,39H,4,8-18,21H2,1-3,5-7H3,(H,34,40)(H,35,37)/b20-19+/t23-,25+,28+,29+,30+/m1/s1. The summed E-state index contributed by atoms with van der Waals surface area (Å²) in [7, 11) is 2.38. The molecule has 0 aromatic carbocycles. The van der Waals surface area contributed by atoms with Gasteiger partial charge in [-0.3, -0.25) is 14.4 Å². The van der Waals surface area contributed by atoms with E-state index in [2.05, 4.69) is 35.8 Å². The molecule has 3 amide bonds. The van der Waals surface area contributed by atoms with Crippen LogP contribution in [-0.2, 0) is 33.4 Å². The third-order valence-corrected chi connectivity index (χ3v) is 7.96. The summed E-state index contributed by atoms with van der Waals surface area (Å²) >= 11 is 0. The number of esters is 2. The topological polar surface area (TPSA) is 151 Å². The van der Waals surface area contributed by atoms with Gasteiger partial charge in [0, 0.05) is 18.8 Å². The largest absolute Gasteiger partial charge is 0.467 e. The lowest BCUT2D eigenvalue weighted by molar-refractivity contribution is -0.169. The number of rotatable bonds is 15. The van der Waals surface area contributed by atoms with Gasteiger partial charge in [0.15, 0.2) is 12.1 Å². The highest BCUT2D eigenvalue weighted by molar-refractivity contribution is 5.94. The van der Waals surface area contributed by atoms with Crippen molar-refractivity contribution in [1.29, 1.82) is 0 Å². The number of nitrogens with zero attached hydrogens (tertiary/aromatic N) is 1. The van der Waals surface area contributed by atoms with Gasteiger partial charge >= 0.3 is 11.9 Å². The summed E-state index contributed by atoms with van der Waals surface area (Å²) in [5.41, 5.74) is 0.152. The van der Waals surface area contributed by atoms with Crippen LogP contribution in [0.25, 0.3) is 0 Å². The molecule has 3 N–H and O–H groups in total. The molecular weight excluding hydrogens is 566 g/mol. The van der Waals surface area contributed by atoms with E-state index in [-0.39, 0.29) is 11.6 Å². The molecule has 0 fully saturated rings. The first-order valence-electron chi connectivity index (χ1n) is 16.0. The monoisotopic (exact) mass is 621 g/mol. The molecule has 1 aliphatic rings. The molecule has 1 heterocycles. The number of nitrogens with one attached hydrogen (secondary N) is 2. The van der Waals surface area contributed by atoms with E-state index >= 15 is 0 Å². The molecular formula is C33H55N3O8. The zero-order valence-electron chi connectivity index (χ0n) is 27.6. The average molecular weight is 622 g/mol. The Bertz CT molecular complexity index is 996. The van der Waals surface area contributed by atoms with Gasteiger partial charge in [0.25, 0.3) is 0 Å². The van der Waals surface area contributed by atoms with Crippen molar-refractivity contribution in [3.63, 3.8) is 0 Å². The highest BCUT2D eigenvalue weighted by Crippen LogP contribution is 2.25. The fraction of sp³-hybridized carbons (Fsp3) is 0.727. The van der Waals surface area contributed by atoms with Crippen molar-refractivity contribution >= 4 is 29.7 Å². The van der Waals surface area contributed by atoms with Crippen LogP contribution in [0.1, 0.15) is 98.3 Å². The molecule has 250 valence electrons. The number of aliphatic hydroxyl groups excluding tert-OH is 1. The van der Waals surface area contributed by atoms with Gasteiger partial charge < -0.3 is 30.1 Å². The lowest BCUT2D eigenvalue weighted by atomic mass is 9.88. The van der Waals surface area contributed by atoms with Crippen molar-refractivity contribution in [2.45, 2.75) is 117 Å². The number of hydrogen-bond acceptors (Lipinski definition) is 8. The number of amides is 3. The number of unbranched alkanes of at least 4 members (excludes halogenated alkanes) is 8. The first-order chi connectivity index (χ1) is 20.8. The summed E-state index contributed by atoms with van der Waals surface area (Å²) in [6.45, 7) is 11.3. The molecule has 1 rings (SSSR count). The average Bonchev–Trinajstić information content (AvgIpc) is 2.97. The maximum atomic E-state index is 13.4. The first kappa shape index (κ1) is 38.8. The third kappa shape index (κ3) is 14.5. The predicted octanol–water partition coefficient (Wildman–Crippen LogP) is 3.79. The van der Waals surface area contributed by atoms with Crippen LogP contribution >= 0.6 is 0 Å². The molecule has 11 heteroatoms. The van der Waals surface area contributed by atoms with Crippen LogP contribution in [0.4, 0.5) is 0 Å². The summed E-state index contributed by atoms with van der Waals surface area (Å²) < 4.78 is 10.3. The number of ether oxygens (including phenoxy) is 2. The number of aliphatic hydroxyl groups is 1. The Kier molecular flexibility index (Phi) is 18.3. The molecule has 0 bridgehead atoms. The minimum absolute atomic E-state index is 0.152. The number of carbonyl (C=O) groups is 5. The van der Waals surface area contributed by atoms with E-state index in [1.807, 2.05) is 6.92 Å². The van der Waals surface area contributed by atoms with Crippen LogP contribution in [0, 0.1) is 17.8 Å². The molecule has 0 saturated carbocycles. The number of cyclic esters (lactones) is 1. The Labute approximate surface area is 263 Å². The van der Waals surface area contributed by atoms with Gasteiger partial charge in [-0.05, 0) is 24.3 Å². The normalized spacial score (nSPS) is 22.8. The first-order valence-corrected chi connectivity index (χ1v) is 16.0. The summed E-state index contributed by atoms with van der Waals surface area (Å²) in [5, 5.41) is 15.4. The van der Waals surface area contributed by atoms with E-state index in [9.17, 15) is 29.1 Å². The zero-order valence-corrected chi connectivity index (χ0v) is 27.6. The maximum Gasteiger partial charge on any atom is 0.337 e. The predicted molar refractivity (Wildman–Crippen MR) is 168 cm³/mol. The summed E-state index contributed by atoms with van der Waals surface area (Å²) in [5.74, 6) is -4.47. The molecule has 11 nitrogen and oxygen atoms in total. The Morgan fingerprint density at radius 3 is 2.09 bits per heavy atom. The van der Waals surface area contributed by atoms with Crippen molar-refractivity contribution in [2.75, 3.05) is 20.7 Å². The summed E-state index contributed by atoms with van der Waals surface area (Å²) in [6, 6.07) is -1.82. The second kappa shape index (κ2) is 20.7. The highest BCUT2D eigenvalue weighted by Gasteiger charge is 2.40. The molecule has 0 saturated heterocycles. The molecule has 0 aliphatic carbocycles. The van der Waals surface area contributed by atoms with E-state index < -0.39 is 60.4 Å². The summed E-state index contributed by atoms with van der Waals surface area (Å²) in [4.78, 5) is 64.8. The van der Waals surface area contributed by atoms with E-state index in [0.717, 1.165) is 49.7 Å². The van der Waals surface area contributed by atoms with E-state index in [1.54, 1.807) is 6.92 Å². The second-order valence-electron chi connectivity index (χ2n) is 12.4. The zero-order chi connectivity index (χ0) is 33.2. The number of allylic oxidation sites excluding steroid dienone is 1. The molecule has 0 spiro atoms. The van der Waals surface area contributed by atoms with Crippen molar-refractivity contribution in [3.8, 4) is 0 Å². The van der Waals surface area contributed by atoms with Crippen molar-refractivity contribution in [3.05, 3.63) is 24.4 Å². The molecule has 0 aromatic rings. The van der Waals surface area contributed by atoms with Crippen LogP contribution in [-0.4, -0.2) is 78.6 Å². The van der Waals surface area contributed by atoms with Gasteiger partial charge in [-0.1, -0.05) is 98.5 Å². The van der Waals surface area contributed by atoms with Crippen LogP contribution in [0.3, 0.4) is 0 Å². The Balaban J connectivity index is 2.96. The lowest BCUT2D eigenvalue weighted by Crippen LogP contribution is -2.56. The van der Waals surface area contributed by atoms with Gasteiger partial charge in [-0.2, -0.15) is 0 Å². The fourth-order valence-electron chi connectivity index (χ4n) is 5.14. The van der Waals surface area contributed by atoms with Gasteiger partial charge in [0.1, 0.15) is 6.10 Å². The Morgan fingerprint density at radius 2 is 1.55 bits per heavy atom. The number of methoxy groups -OCH3 is 1. The Hall–Kier alpha value is -3.21. The Morgan fingerprint density at radius 1 is 1.00 bits per heavy atom. The van der Waals surface area contributed by atoms with Crippen molar-refractivity contribution in [1.82, 2.24) is 15.5 Å². The highest BCUT2D eigenvalue weighted by atomic mass is 16.6. The van der Waals surface area contributed by atoms with E-state index in [0.29, 0.717) is 6.42 Å². The van der Waals surface area contributed by atoms with E-state index in [4.69, 9.17) is 4.74 Å². The number of likely N-dealkylation sites (N-methyl/N-ethyl adjacent to an activating group) is 1. The van der Waals surface area contributed by atoms with Crippen LogP contribution in [0.15, 0.2) is 24.4 Å². The smallest absolute Gasteiger partial charge is 0.337 e. The van der Waals surface area contributed by atoms with Crippen LogP contribution < -0.4 is 10.6 Å².